The van der Waals surface area contributed by atoms with Crippen molar-refractivity contribution in [1.29, 1.82) is 0 Å². The third kappa shape index (κ3) is 2.78. The highest BCUT2D eigenvalue weighted by Gasteiger charge is 2.24. The molecule has 1 heterocycles. The molecule has 0 amide bonds. The molecule has 2 rings (SSSR count). The summed E-state index contributed by atoms with van der Waals surface area (Å²) >= 11 is 0. The van der Waals surface area contributed by atoms with E-state index in [2.05, 4.69) is 9.71 Å². The smallest absolute Gasteiger partial charge is 0.258 e. The number of aliphatic hydroxyl groups excluding tert-OH is 1. The van der Waals surface area contributed by atoms with Crippen molar-refractivity contribution in [2.24, 2.45) is 5.92 Å². The number of nitrogens with one attached hydrogen (secondary N) is 1. The molecule has 5 nitrogen and oxygen atoms in total. The van der Waals surface area contributed by atoms with Gasteiger partial charge in [0.1, 0.15) is 0 Å². The van der Waals surface area contributed by atoms with Crippen LogP contribution in [0, 0.1) is 5.92 Å². The van der Waals surface area contributed by atoms with Crippen LogP contribution >= 0.6 is 0 Å². The SMILES string of the molecule is O=S(=O)(NCC1CC1)c1ccc(CO)cn1. The molecule has 2 N–H and O–H groups in total. The van der Waals surface area contributed by atoms with Crippen LogP contribution in [0.25, 0.3) is 0 Å². The summed E-state index contributed by atoms with van der Waals surface area (Å²) in [5.74, 6) is 0.492. The minimum absolute atomic E-state index is 0.00495. The zero-order valence-electron chi connectivity index (χ0n) is 8.76. The van der Waals surface area contributed by atoms with Gasteiger partial charge < -0.3 is 5.11 Å². The molecule has 1 aromatic rings. The Balaban J connectivity index is 2.07. The number of sulfonamides is 1. The van der Waals surface area contributed by atoms with E-state index in [0.29, 0.717) is 18.0 Å². The van der Waals surface area contributed by atoms with Gasteiger partial charge in [0.15, 0.2) is 5.03 Å². The van der Waals surface area contributed by atoms with Gasteiger partial charge >= 0.3 is 0 Å². The summed E-state index contributed by atoms with van der Waals surface area (Å²) in [5, 5.41) is 8.82. The van der Waals surface area contributed by atoms with E-state index >= 15 is 0 Å². The fourth-order valence-electron chi connectivity index (χ4n) is 1.29. The highest BCUT2D eigenvalue weighted by molar-refractivity contribution is 7.89. The van der Waals surface area contributed by atoms with Crippen LogP contribution < -0.4 is 4.72 Å². The molecule has 6 heteroatoms. The molecule has 88 valence electrons. The summed E-state index contributed by atoms with van der Waals surface area (Å²) in [5.41, 5.74) is 0.598. The molecule has 0 aliphatic heterocycles. The van der Waals surface area contributed by atoms with Crippen LogP contribution in [0.2, 0.25) is 0 Å². The monoisotopic (exact) mass is 242 g/mol. The summed E-state index contributed by atoms with van der Waals surface area (Å²) in [6.45, 7) is 0.356. The van der Waals surface area contributed by atoms with E-state index in [0.717, 1.165) is 12.8 Å². The summed E-state index contributed by atoms with van der Waals surface area (Å²) in [4.78, 5) is 3.81. The van der Waals surface area contributed by atoms with E-state index in [9.17, 15) is 8.42 Å². The van der Waals surface area contributed by atoms with Crippen LogP contribution in [-0.2, 0) is 16.6 Å². The Morgan fingerprint density at radius 2 is 2.19 bits per heavy atom. The fraction of sp³-hybridized carbons (Fsp3) is 0.500. The average molecular weight is 242 g/mol. The topological polar surface area (TPSA) is 79.3 Å². The molecule has 0 bridgehead atoms. The van der Waals surface area contributed by atoms with Crippen LogP contribution in [0.5, 0.6) is 0 Å². The van der Waals surface area contributed by atoms with Crippen molar-refractivity contribution in [2.75, 3.05) is 6.54 Å². The van der Waals surface area contributed by atoms with Crippen LogP contribution in [0.1, 0.15) is 18.4 Å². The second-order valence-electron chi connectivity index (χ2n) is 3.96. The van der Waals surface area contributed by atoms with Gasteiger partial charge in [0, 0.05) is 12.7 Å². The Kier molecular flexibility index (Phi) is 3.22. The molecule has 1 saturated carbocycles. The summed E-state index contributed by atoms with van der Waals surface area (Å²) in [7, 11) is -3.48. The highest BCUT2D eigenvalue weighted by Crippen LogP contribution is 2.28. The van der Waals surface area contributed by atoms with Crippen molar-refractivity contribution in [3.8, 4) is 0 Å². The molecule has 1 aliphatic carbocycles. The second-order valence-corrected chi connectivity index (χ2v) is 5.67. The molecule has 1 aromatic heterocycles. The first-order valence-corrected chi connectivity index (χ1v) is 6.65. The molecule has 0 atom stereocenters. The zero-order chi connectivity index (χ0) is 11.6. The zero-order valence-corrected chi connectivity index (χ0v) is 9.57. The lowest BCUT2D eigenvalue weighted by molar-refractivity contribution is 0.281. The first-order valence-electron chi connectivity index (χ1n) is 5.17. The number of rotatable bonds is 5. The molecule has 0 unspecified atom stereocenters. The van der Waals surface area contributed by atoms with Crippen molar-refractivity contribution in [2.45, 2.75) is 24.5 Å². The maximum Gasteiger partial charge on any atom is 0.258 e. The van der Waals surface area contributed by atoms with Crippen LogP contribution in [-0.4, -0.2) is 25.1 Å². The van der Waals surface area contributed by atoms with E-state index in [4.69, 9.17) is 5.11 Å². The maximum atomic E-state index is 11.7. The number of hydrogen-bond donors (Lipinski definition) is 2. The van der Waals surface area contributed by atoms with E-state index in [1.54, 1.807) is 6.07 Å². The first-order chi connectivity index (χ1) is 7.62. The lowest BCUT2D eigenvalue weighted by Crippen LogP contribution is -2.26. The molecule has 0 aromatic carbocycles. The number of aliphatic hydroxyl groups is 1. The molecular formula is C10H14N2O3S. The van der Waals surface area contributed by atoms with Gasteiger partial charge in [-0.3, -0.25) is 0 Å². The molecule has 0 saturated heterocycles. The minimum atomic E-state index is -3.48. The van der Waals surface area contributed by atoms with Crippen molar-refractivity contribution in [3.63, 3.8) is 0 Å². The average Bonchev–Trinajstić information content (AvgIpc) is 3.10. The number of hydrogen-bond acceptors (Lipinski definition) is 4. The molecule has 1 aliphatic rings. The maximum absolute atomic E-state index is 11.7. The van der Waals surface area contributed by atoms with E-state index in [1.165, 1.54) is 12.3 Å². The standard InChI is InChI=1S/C10H14N2O3S/c13-7-9-3-4-10(11-5-9)16(14,15)12-6-8-1-2-8/h3-5,8,12-13H,1-2,6-7H2. The molecule has 0 spiro atoms. The Morgan fingerprint density at radius 1 is 1.44 bits per heavy atom. The van der Waals surface area contributed by atoms with E-state index in [-0.39, 0.29) is 11.6 Å². The quantitative estimate of drug-likeness (QED) is 0.776. The van der Waals surface area contributed by atoms with Crippen LogP contribution in [0.4, 0.5) is 0 Å². The van der Waals surface area contributed by atoms with Crippen LogP contribution in [0.15, 0.2) is 23.4 Å². The van der Waals surface area contributed by atoms with Crippen molar-refractivity contribution in [1.82, 2.24) is 9.71 Å². The normalized spacial score (nSPS) is 16.3. The number of pyridine rings is 1. The lowest BCUT2D eigenvalue weighted by atomic mass is 10.3. The van der Waals surface area contributed by atoms with Crippen LogP contribution in [0.3, 0.4) is 0 Å². The molecular weight excluding hydrogens is 228 g/mol. The second kappa shape index (κ2) is 4.48. The van der Waals surface area contributed by atoms with E-state index in [1.807, 2.05) is 0 Å². The van der Waals surface area contributed by atoms with E-state index < -0.39 is 10.0 Å². The van der Waals surface area contributed by atoms with Gasteiger partial charge in [0.05, 0.1) is 6.61 Å². The van der Waals surface area contributed by atoms with Gasteiger partial charge in [-0.25, -0.2) is 18.1 Å². The van der Waals surface area contributed by atoms with Gasteiger partial charge in [-0.15, -0.1) is 0 Å². The molecule has 16 heavy (non-hydrogen) atoms. The third-order valence-corrected chi connectivity index (χ3v) is 3.85. The largest absolute Gasteiger partial charge is 0.392 e. The summed E-state index contributed by atoms with van der Waals surface area (Å²) in [6, 6.07) is 2.96. The Morgan fingerprint density at radius 3 is 2.69 bits per heavy atom. The fourth-order valence-corrected chi connectivity index (χ4v) is 2.33. The Hall–Kier alpha value is -0.980. The molecule has 1 fully saturated rings. The lowest BCUT2D eigenvalue weighted by Gasteiger charge is -2.05. The Labute approximate surface area is 94.6 Å². The number of aromatic nitrogens is 1. The van der Waals surface area contributed by atoms with Gasteiger partial charge in [-0.05, 0) is 30.4 Å². The van der Waals surface area contributed by atoms with Crippen molar-refractivity contribution < 1.29 is 13.5 Å². The number of nitrogens with zero attached hydrogens (tertiary/aromatic N) is 1. The third-order valence-electron chi connectivity index (χ3n) is 2.51. The highest BCUT2D eigenvalue weighted by atomic mass is 32.2. The molecule has 0 radical (unpaired) electrons. The van der Waals surface area contributed by atoms with Gasteiger partial charge in [-0.1, -0.05) is 6.07 Å². The minimum Gasteiger partial charge on any atom is -0.392 e. The first kappa shape index (κ1) is 11.5. The Bertz CT molecular complexity index is 451. The van der Waals surface area contributed by atoms with Crippen molar-refractivity contribution >= 4 is 10.0 Å². The summed E-state index contributed by atoms with van der Waals surface area (Å²) < 4.78 is 26.0. The van der Waals surface area contributed by atoms with Crippen molar-refractivity contribution in [3.05, 3.63) is 23.9 Å². The summed E-state index contributed by atoms with van der Waals surface area (Å²) in [6.07, 6.45) is 3.56. The predicted molar refractivity (Wildman–Crippen MR) is 58.1 cm³/mol. The van der Waals surface area contributed by atoms with Gasteiger partial charge in [0.25, 0.3) is 10.0 Å². The predicted octanol–water partition coefficient (Wildman–Crippen LogP) is 0.262. The van der Waals surface area contributed by atoms with Gasteiger partial charge in [-0.2, -0.15) is 0 Å². The van der Waals surface area contributed by atoms with Gasteiger partial charge in [0.2, 0.25) is 0 Å².